The number of rotatable bonds is 5. The van der Waals surface area contributed by atoms with Gasteiger partial charge in [0.2, 0.25) is 0 Å². The van der Waals surface area contributed by atoms with Gasteiger partial charge in [-0.2, -0.15) is 0 Å². The van der Waals surface area contributed by atoms with Crippen LogP contribution in [0.2, 0.25) is 0 Å². The quantitative estimate of drug-likeness (QED) is 0.731. The van der Waals surface area contributed by atoms with E-state index in [-0.39, 0.29) is 18.4 Å². The fourth-order valence-electron chi connectivity index (χ4n) is 4.01. The lowest BCUT2D eigenvalue weighted by Crippen LogP contribution is -2.34. The van der Waals surface area contributed by atoms with E-state index in [4.69, 9.17) is 4.74 Å². The normalized spacial score (nSPS) is 16.9. The summed E-state index contributed by atoms with van der Waals surface area (Å²) in [6, 6.07) is 13.5. The molecule has 4 rings (SSSR count). The second-order valence-corrected chi connectivity index (χ2v) is 7.76. The minimum Gasteiger partial charge on any atom is -0.497 e. The molecular formula is C24H26N2O3. The number of carbonyl (C=O) groups is 2. The number of hydrogen-bond acceptors (Lipinski definition) is 4. The lowest BCUT2D eigenvalue weighted by Gasteiger charge is -2.20. The Morgan fingerprint density at radius 2 is 1.59 bits per heavy atom. The number of carbonyl (C=O) groups excluding carboxylic acids is 2. The predicted molar refractivity (Wildman–Crippen MR) is 112 cm³/mol. The largest absolute Gasteiger partial charge is 0.497 e. The minimum atomic E-state index is -0.212. The fourth-order valence-corrected chi connectivity index (χ4v) is 4.01. The summed E-state index contributed by atoms with van der Waals surface area (Å²) in [5.41, 5.74) is 5.10. The number of nitrogens with zero attached hydrogens (tertiary/aromatic N) is 2. The molecule has 29 heavy (non-hydrogen) atoms. The van der Waals surface area contributed by atoms with Crippen molar-refractivity contribution >= 4 is 17.4 Å². The van der Waals surface area contributed by atoms with Crippen LogP contribution in [0, 0.1) is 13.8 Å². The highest BCUT2D eigenvalue weighted by Gasteiger charge is 2.42. The Morgan fingerprint density at radius 3 is 2.21 bits per heavy atom. The predicted octanol–water partition coefficient (Wildman–Crippen LogP) is 3.69. The first kappa shape index (κ1) is 19.2. The number of methoxy groups -OCH3 is 1. The molecule has 2 amide bonds. The third-order valence-corrected chi connectivity index (χ3v) is 5.86. The van der Waals surface area contributed by atoms with Crippen LogP contribution in [0.1, 0.15) is 35.1 Å². The molecule has 0 radical (unpaired) electrons. The second kappa shape index (κ2) is 7.74. The number of imide groups is 1. The maximum Gasteiger partial charge on any atom is 0.278 e. The summed E-state index contributed by atoms with van der Waals surface area (Å²) in [6.45, 7) is 5.98. The molecule has 2 heterocycles. The van der Waals surface area contributed by atoms with E-state index in [1.54, 1.807) is 7.11 Å². The van der Waals surface area contributed by atoms with E-state index in [1.165, 1.54) is 10.5 Å². The van der Waals surface area contributed by atoms with Crippen molar-refractivity contribution in [3.8, 4) is 5.75 Å². The molecule has 2 aromatic rings. The van der Waals surface area contributed by atoms with Crippen LogP contribution < -0.4 is 4.74 Å². The Kier molecular flexibility index (Phi) is 5.14. The van der Waals surface area contributed by atoms with Crippen molar-refractivity contribution in [2.45, 2.75) is 33.2 Å². The van der Waals surface area contributed by atoms with Gasteiger partial charge in [-0.15, -0.1) is 0 Å². The molecule has 0 unspecified atom stereocenters. The van der Waals surface area contributed by atoms with Gasteiger partial charge >= 0.3 is 0 Å². The number of ether oxygens (including phenoxy) is 1. The average molecular weight is 390 g/mol. The number of aryl methyl sites for hydroxylation is 2. The lowest BCUT2D eigenvalue weighted by atomic mass is 9.99. The smallest absolute Gasteiger partial charge is 0.278 e. The van der Waals surface area contributed by atoms with Gasteiger partial charge in [-0.1, -0.05) is 30.3 Å². The van der Waals surface area contributed by atoms with Crippen LogP contribution in [0.25, 0.3) is 5.57 Å². The molecule has 5 heteroatoms. The lowest BCUT2D eigenvalue weighted by molar-refractivity contribution is -0.138. The zero-order valence-corrected chi connectivity index (χ0v) is 17.2. The Morgan fingerprint density at radius 1 is 0.897 bits per heavy atom. The van der Waals surface area contributed by atoms with Crippen LogP contribution >= 0.6 is 0 Å². The van der Waals surface area contributed by atoms with Crippen LogP contribution in [0.5, 0.6) is 5.75 Å². The molecule has 5 nitrogen and oxygen atoms in total. The maximum atomic E-state index is 13.4. The fraction of sp³-hybridized carbons (Fsp3) is 0.333. The Hall–Kier alpha value is -3.08. The monoisotopic (exact) mass is 390 g/mol. The first-order chi connectivity index (χ1) is 14.0. The summed E-state index contributed by atoms with van der Waals surface area (Å²) < 4.78 is 5.20. The van der Waals surface area contributed by atoms with Crippen LogP contribution in [-0.4, -0.2) is 41.8 Å². The van der Waals surface area contributed by atoms with E-state index in [9.17, 15) is 9.59 Å². The zero-order chi connectivity index (χ0) is 20.5. The van der Waals surface area contributed by atoms with E-state index in [0.29, 0.717) is 11.3 Å². The standard InChI is InChI=1S/C24H26N2O3/c1-16-6-9-19(14-17(16)2)21-22(25-12-4-5-13-25)24(28)26(23(21)27)15-18-7-10-20(29-3)11-8-18/h6-11,14H,4-5,12-13,15H2,1-3H3. The van der Waals surface area contributed by atoms with Gasteiger partial charge in [-0.25, -0.2) is 0 Å². The molecule has 2 aliphatic heterocycles. The van der Waals surface area contributed by atoms with Crippen LogP contribution in [0.4, 0.5) is 0 Å². The van der Waals surface area contributed by atoms with Gasteiger partial charge in [-0.3, -0.25) is 14.5 Å². The zero-order valence-electron chi connectivity index (χ0n) is 17.2. The average Bonchev–Trinajstić information content (AvgIpc) is 3.33. The number of hydrogen-bond donors (Lipinski definition) is 0. The molecule has 0 aromatic heterocycles. The molecule has 2 aliphatic rings. The van der Waals surface area contributed by atoms with Crippen LogP contribution in [-0.2, 0) is 16.1 Å². The maximum absolute atomic E-state index is 13.4. The van der Waals surface area contributed by atoms with Crippen molar-refractivity contribution in [2.24, 2.45) is 0 Å². The Balaban J connectivity index is 1.71. The molecule has 1 fully saturated rings. The summed E-state index contributed by atoms with van der Waals surface area (Å²) >= 11 is 0. The summed E-state index contributed by atoms with van der Waals surface area (Å²) in [5.74, 6) is 0.344. The Bertz CT molecular complexity index is 986. The van der Waals surface area contributed by atoms with Crippen LogP contribution in [0.3, 0.4) is 0 Å². The summed E-state index contributed by atoms with van der Waals surface area (Å²) in [4.78, 5) is 30.2. The van der Waals surface area contributed by atoms with E-state index >= 15 is 0 Å². The second-order valence-electron chi connectivity index (χ2n) is 7.76. The van der Waals surface area contributed by atoms with E-state index in [1.807, 2.05) is 56.3 Å². The molecule has 0 bridgehead atoms. The Labute approximate surface area is 171 Å². The summed E-state index contributed by atoms with van der Waals surface area (Å²) in [6.07, 6.45) is 2.09. The van der Waals surface area contributed by atoms with Gasteiger partial charge in [0.15, 0.2) is 0 Å². The molecule has 0 aliphatic carbocycles. The highest BCUT2D eigenvalue weighted by atomic mass is 16.5. The topological polar surface area (TPSA) is 49.9 Å². The molecule has 0 atom stereocenters. The van der Waals surface area contributed by atoms with E-state index in [2.05, 4.69) is 4.90 Å². The number of amides is 2. The molecule has 0 spiro atoms. The first-order valence-electron chi connectivity index (χ1n) is 10.1. The molecule has 0 saturated carbocycles. The van der Waals surface area contributed by atoms with Crippen molar-refractivity contribution in [2.75, 3.05) is 20.2 Å². The van der Waals surface area contributed by atoms with Gasteiger partial charge in [-0.05, 0) is 61.1 Å². The van der Waals surface area contributed by atoms with Gasteiger partial charge in [0.05, 0.1) is 19.2 Å². The number of likely N-dealkylation sites (tertiary alicyclic amines) is 1. The molecule has 2 aromatic carbocycles. The highest BCUT2D eigenvalue weighted by Crippen LogP contribution is 2.35. The molecular weight excluding hydrogens is 364 g/mol. The SMILES string of the molecule is COc1ccc(CN2C(=O)C(c3ccc(C)c(C)c3)=C(N3CCCC3)C2=O)cc1. The van der Waals surface area contributed by atoms with Crippen LogP contribution in [0.15, 0.2) is 48.2 Å². The molecule has 150 valence electrons. The van der Waals surface area contributed by atoms with E-state index in [0.717, 1.165) is 48.4 Å². The van der Waals surface area contributed by atoms with Gasteiger partial charge < -0.3 is 9.64 Å². The highest BCUT2D eigenvalue weighted by molar-refractivity contribution is 6.35. The summed E-state index contributed by atoms with van der Waals surface area (Å²) in [5, 5.41) is 0. The third kappa shape index (κ3) is 3.53. The number of benzene rings is 2. The van der Waals surface area contributed by atoms with Crippen molar-refractivity contribution in [1.82, 2.24) is 9.80 Å². The van der Waals surface area contributed by atoms with Gasteiger partial charge in [0.25, 0.3) is 11.8 Å². The third-order valence-electron chi connectivity index (χ3n) is 5.86. The van der Waals surface area contributed by atoms with Crippen molar-refractivity contribution < 1.29 is 14.3 Å². The van der Waals surface area contributed by atoms with E-state index < -0.39 is 0 Å². The van der Waals surface area contributed by atoms with Gasteiger partial charge in [0.1, 0.15) is 11.4 Å². The first-order valence-corrected chi connectivity index (χ1v) is 10.1. The van der Waals surface area contributed by atoms with Crippen molar-refractivity contribution in [1.29, 1.82) is 0 Å². The molecule has 1 saturated heterocycles. The van der Waals surface area contributed by atoms with Crippen molar-refractivity contribution in [3.05, 3.63) is 70.4 Å². The van der Waals surface area contributed by atoms with Crippen molar-refractivity contribution in [3.63, 3.8) is 0 Å². The minimum absolute atomic E-state index is 0.194. The van der Waals surface area contributed by atoms with Gasteiger partial charge in [0, 0.05) is 13.1 Å². The molecule has 0 N–H and O–H groups in total. The summed E-state index contributed by atoms with van der Waals surface area (Å²) in [7, 11) is 1.62.